The van der Waals surface area contributed by atoms with E-state index in [2.05, 4.69) is 15.2 Å². The van der Waals surface area contributed by atoms with Gasteiger partial charge in [0.2, 0.25) is 0 Å². The number of aryl methyl sites for hydroxylation is 1. The van der Waals surface area contributed by atoms with E-state index in [1.807, 2.05) is 11.4 Å². The van der Waals surface area contributed by atoms with Gasteiger partial charge in [0.1, 0.15) is 5.82 Å². The first-order valence-electron chi connectivity index (χ1n) is 7.56. The molecule has 0 spiro atoms. The minimum absolute atomic E-state index is 0.107. The fraction of sp³-hybridized carbons (Fsp3) is 0.375. The zero-order chi connectivity index (χ0) is 16.2. The molecule has 0 saturated carbocycles. The Morgan fingerprint density at radius 1 is 1.35 bits per heavy atom. The standard InChI is InChI=1S/C16H19FN4OS/c1-12-2-3-13(10-14(12)17)11-19-15(22)20-5-7-21(8-6-20)16-18-4-9-23-16/h2-4,9-10H,5-8,11H2,1H3,(H,19,22). The second-order valence-electron chi connectivity index (χ2n) is 5.53. The van der Waals surface area contributed by atoms with Crippen molar-refractivity contribution >= 4 is 22.5 Å². The molecule has 1 saturated heterocycles. The lowest BCUT2D eigenvalue weighted by Crippen LogP contribution is -2.51. The van der Waals surface area contributed by atoms with Crippen molar-refractivity contribution in [1.82, 2.24) is 15.2 Å². The van der Waals surface area contributed by atoms with Gasteiger partial charge in [0.15, 0.2) is 5.13 Å². The van der Waals surface area contributed by atoms with E-state index in [9.17, 15) is 9.18 Å². The number of thiazole rings is 1. The largest absolute Gasteiger partial charge is 0.345 e. The molecule has 1 aromatic carbocycles. The first-order chi connectivity index (χ1) is 11.1. The highest BCUT2D eigenvalue weighted by molar-refractivity contribution is 7.13. The van der Waals surface area contributed by atoms with Gasteiger partial charge in [-0.3, -0.25) is 0 Å². The lowest BCUT2D eigenvalue weighted by atomic mass is 10.1. The summed E-state index contributed by atoms with van der Waals surface area (Å²) in [6, 6.07) is 4.92. The van der Waals surface area contributed by atoms with Gasteiger partial charge in [0.05, 0.1) is 0 Å². The number of urea groups is 1. The third kappa shape index (κ3) is 3.79. The van der Waals surface area contributed by atoms with Crippen LogP contribution in [0.15, 0.2) is 29.8 Å². The van der Waals surface area contributed by atoms with Gasteiger partial charge >= 0.3 is 6.03 Å². The molecule has 5 nitrogen and oxygen atoms in total. The van der Waals surface area contributed by atoms with Gasteiger partial charge in [0.25, 0.3) is 0 Å². The zero-order valence-corrected chi connectivity index (χ0v) is 13.8. The Labute approximate surface area is 138 Å². The van der Waals surface area contributed by atoms with Gasteiger partial charge in [-0.15, -0.1) is 11.3 Å². The summed E-state index contributed by atoms with van der Waals surface area (Å²) >= 11 is 1.61. The molecular formula is C16H19FN4OS. The van der Waals surface area contributed by atoms with Gasteiger partial charge in [-0.05, 0) is 24.1 Å². The van der Waals surface area contributed by atoms with Crippen molar-refractivity contribution in [3.63, 3.8) is 0 Å². The van der Waals surface area contributed by atoms with E-state index in [0.717, 1.165) is 23.8 Å². The van der Waals surface area contributed by atoms with Gasteiger partial charge in [-0.2, -0.15) is 0 Å². The molecule has 23 heavy (non-hydrogen) atoms. The summed E-state index contributed by atoms with van der Waals surface area (Å²) in [7, 11) is 0. The Kier molecular flexibility index (Phi) is 4.76. The van der Waals surface area contributed by atoms with Crippen molar-refractivity contribution in [3.05, 3.63) is 46.7 Å². The lowest BCUT2D eigenvalue weighted by Gasteiger charge is -2.34. The molecule has 1 aliphatic heterocycles. The number of anilines is 1. The molecule has 2 heterocycles. The summed E-state index contributed by atoms with van der Waals surface area (Å²) in [5.74, 6) is -0.242. The van der Waals surface area contributed by atoms with Crippen LogP contribution in [0.1, 0.15) is 11.1 Å². The van der Waals surface area contributed by atoms with E-state index in [1.54, 1.807) is 35.4 Å². The summed E-state index contributed by atoms with van der Waals surface area (Å²) in [4.78, 5) is 20.5. The highest BCUT2D eigenvalue weighted by atomic mass is 32.1. The van der Waals surface area contributed by atoms with E-state index >= 15 is 0 Å². The van der Waals surface area contributed by atoms with Crippen LogP contribution in [-0.2, 0) is 6.54 Å². The molecule has 1 N–H and O–H groups in total. The molecule has 0 aliphatic carbocycles. The average molecular weight is 334 g/mol. The highest BCUT2D eigenvalue weighted by Crippen LogP contribution is 2.18. The molecule has 1 fully saturated rings. The normalized spacial score (nSPS) is 14.9. The van der Waals surface area contributed by atoms with Gasteiger partial charge in [-0.25, -0.2) is 14.2 Å². The number of nitrogens with one attached hydrogen (secondary N) is 1. The molecule has 0 radical (unpaired) electrons. The van der Waals surface area contributed by atoms with Crippen LogP contribution in [0.2, 0.25) is 0 Å². The predicted octanol–water partition coefficient (Wildman–Crippen LogP) is 2.62. The Hall–Kier alpha value is -2.15. The molecule has 1 aromatic heterocycles. The summed E-state index contributed by atoms with van der Waals surface area (Å²) in [5, 5.41) is 5.81. The van der Waals surface area contributed by atoms with Crippen molar-refractivity contribution in [2.45, 2.75) is 13.5 Å². The van der Waals surface area contributed by atoms with Crippen molar-refractivity contribution in [2.75, 3.05) is 31.1 Å². The van der Waals surface area contributed by atoms with Crippen LogP contribution >= 0.6 is 11.3 Å². The number of rotatable bonds is 3. The third-order valence-electron chi connectivity index (χ3n) is 3.94. The fourth-order valence-corrected chi connectivity index (χ4v) is 3.21. The molecule has 7 heteroatoms. The average Bonchev–Trinajstić information content (AvgIpc) is 3.10. The van der Waals surface area contributed by atoms with E-state index in [4.69, 9.17) is 0 Å². The van der Waals surface area contributed by atoms with Crippen molar-refractivity contribution in [3.8, 4) is 0 Å². The number of carbonyl (C=O) groups is 1. The number of hydrogen-bond acceptors (Lipinski definition) is 4. The minimum Gasteiger partial charge on any atom is -0.345 e. The van der Waals surface area contributed by atoms with Crippen LogP contribution in [0.25, 0.3) is 0 Å². The van der Waals surface area contributed by atoms with Crippen molar-refractivity contribution in [1.29, 1.82) is 0 Å². The van der Waals surface area contributed by atoms with Gasteiger partial charge in [-0.1, -0.05) is 12.1 Å². The quantitative estimate of drug-likeness (QED) is 0.939. The SMILES string of the molecule is Cc1ccc(CNC(=O)N2CCN(c3nccs3)CC2)cc1F. The van der Waals surface area contributed by atoms with Crippen LogP contribution in [0.4, 0.5) is 14.3 Å². The highest BCUT2D eigenvalue weighted by Gasteiger charge is 2.22. The third-order valence-corrected chi connectivity index (χ3v) is 4.77. The van der Waals surface area contributed by atoms with E-state index in [1.165, 1.54) is 6.07 Å². The molecule has 0 unspecified atom stereocenters. The summed E-state index contributed by atoms with van der Waals surface area (Å²) in [6.07, 6.45) is 1.79. The van der Waals surface area contributed by atoms with E-state index < -0.39 is 0 Å². The molecule has 1 aliphatic rings. The molecule has 2 aromatic rings. The first-order valence-corrected chi connectivity index (χ1v) is 8.43. The Morgan fingerprint density at radius 3 is 2.78 bits per heavy atom. The fourth-order valence-electron chi connectivity index (χ4n) is 2.51. The van der Waals surface area contributed by atoms with Crippen LogP contribution < -0.4 is 10.2 Å². The predicted molar refractivity (Wildman–Crippen MR) is 89.3 cm³/mol. The van der Waals surface area contributed by atoms with Crippen molar-refractivity contribution < 1.29 is 9.18 Å². The Bertz CT molecular complexity index is 669. The number of hydrogen-bond donors (Lipinski definition) is 1. The lowest BCUT2D eigenvalue weighted by molar-refractivity contribution is 0.194. The van der Waals surface area contributed by atoms with Crippen LogP contribution in [0, 0.1) is 12.7 Å². The molecule has 3 rings (SSSR count). The zero-order valence-electron chi connectivity index (χ0n) is 13.0. The van der Waals surface area contributed by atoms with Gasteiger partial charge < -0.3 is 15.1 Å². The monoisotopic (exact) mass is 334 g/mol. The number of benzene rings is 1. The maximum atomic E-state index is 13.5. The smallest absolute Gasteiger partial charge is 0.317 e. The number of carbonyl (C=O) groups excluding carboxylic acids is 1. The summed E-state index contributed by atoms with van der Waals surface area (Å²) < 4.78 is 13.5. The minimum atomic E-state index is -0.242. The molecule has 0 bridgehead atoms. The second kappa shape index (κ2) is 6.95. The number of piperazine rings is 1. The molecule has 0 atom stereocenters. The van der Waals surface area contributed by atoms with Gasteiger partial charge in [0, 0.05) is 44.3 Å². The molecular weight excluding hydrogens is 315 g/mol. The van der Waals surface area contributed by atoms with Crippen LogP contribution in [-0.4, -0.2) is 42.1 Å². The molecule has 122 valence electrons. The van der Waals surface area contributed by atoms with Crippen LogP contribution in [0.5, 0.6) is 0 Å². The van der Waals surface area contributed by atoms with E-state index in [-0.39, 0.29) is 11.8 Å². The summed E-state index contributed by atoms with van der Waals surface area (Å²) in [6.45, 7) is 4.93. The Balaban J connectivity index is 1.48. The number of amides is 2. The van der Waals surface area contributed by atoms with E-state index in [0.29, 0.717) is 25.2 Å². The topological polar surface area (TPSA) is 48.5 Å². The second-order valence-corrected chi connectivity index (χ2v) is 6.40. The molecule has 2 amide bonds. The number of halogens is 1. The Morgan fingerprint density at radius 2 is 2.13 bits per heavy atom. The van der Waals surface area contributed by atoms with Crippen LogP contribution in [0.3, 0.4) is 0 Å². The maximum Gasteiger partial charge on any atom is 0.317 e. The number of aromatic nitrogens is 1. The van der Waals surface area contributed by atoms with Crippen molar-refractivity contribution in [2.24, 2.45) is 0 Å². The number of nitrogens with zero attached hydrogens (tertiary/aromatic N) is 3. The summed E-state index contributed by atoms with van der Waals surface area (Å²) in [5.41, 5.74) is 1.38. The maximum absolute atomic E-state index is 13.5. The first kappa shape index (κ1) is 15.7.